The number of thioether (sulfide) groups is 1. The minimum atomic E-state index is -0.519. The second kappa shape index (κ2) is 6.86. The molecule has 0 spiro atoms. The summed E-state index contributed by atoms with van der Waals surface area (Å²) in [5.41, 5.74) is 0.647. The van der Waals surface area contributed by atoms with Crippen LogP contribution in [0.2, 0.25) is 0 Å². The molecule has 0 radical (unpaired) electrons. The van der Waals surface area contributed by atoms with E-state index < -0.39 is 11.6 Å². The lowest BCUT2D eigenvalue weighted by molar-refractivity contribution is 0.548. The molecule has 0 aromatic heterocycles. The lowest BCUT2D eigenvalue weighted by atomic mass is 10.2. The summed E-state index contributed by atoms with van der Waals surface area (Å²) in [7, 11) is 0. The topological polar surface area (TPSA) is 12.0 Å². The maximum absolute atomic E-state index is 12.9. The molecule has 0 amide bonds. The highest BCUT2D eigenvalue weighted by molar-refractivity contribution is 7.98. The van der Waals surface area contributed by atoms with Crippen molar-refractivity contribution in [3.05, 3.63) is 35.4 Å². The third-order valence-corrected chi connectivity index (χ3v) is 3.10. The molecule has 1 N–H and O–H groups in total. The molecule has 90 valence electrons. The van der Waals surface area contributed by atoms with Crippen LogP contribution < -0.4 is 5.32 Å². The molecule has 0 fully saturated rings. The average molecular weight is 245 g/mol. The zero-order valence-corrected chi connectivity index (χ0v) is 10.4. The minimum absolute atomic E-state index is 0.507. The summed E-state index contributed by atoms with van der Waals surface area (Å²) in [6, 6.07) is 3.60. The highest BCUT2D eigenvalue weighted by Crippen LogP contribution is 2.08. The molecule has 16 heavy (non-hydrogen) atoms. The monoisotopic (exact) mass is 245 g/mol. The van der Waals surface area contributed by atoms with E-state index in [2.05, 4.69) is 18.5 Å². The number of rotatable bonds is 6. The molecule has 0 aliphatic rings. The Bertz CT molecular complexity index is 311. The second-order valence-electron chi connectivity index (χ2n) is 3.97. The van der Waals surface area contributed by atoms with E-state index in [1.54, 1.807) is 11.8 Å². The van der Waals surface area contributed by atoms with Crippen LogP contribution in [0.15, 0.2) is 18.2 Å². The summed E-state index contributed by atoms with van der Waals surface area (Å²) in [4.78, 5) is 0. The molecular weight excluding hydrogens is 228 g/mol. The van der Waals surface area contributed by atoms with E-state index in [1.807, 2.05) is 0 Å². The van der Waals surface area contributed by atoms with Crippen molar-refractivity contribution < 1.29 is 8.78 Å². The van der Waals surface area contributed by atoms with Gasteiger partial charge in [0.1, 0.15) is 11.6 Å². The first-order valence-corrected chi connectivity index (χ1v) is 6.66. The number of halogens is 2. The van der Waals surface area contributed by atoms with Crippen LogP contribution in [-0.2, 0) is 6.54 Å². The SMILES string of the molecule is CSCC(C)CNCc1cc(F)cc(F)c1. The van der Waals surface area contributed by atoms with Crippen molar-refractivity contribution in [2.75, 3.05) is 18.6 Å². The molecule has 1 atom stereocenters. The van der Waals surface area contributed by atoms with Gasteiger partial charge in [-0.15, -0.1) is 0 Å². The quantitative estimate of drug-likeness (QED) is 0.826. The molecule has 1 unspecified atom stereocenters. The largest absolute Gasteiger partial charge is 0.312 e. The fourth-order valence-electron chi connectivity index (χ4n) is 1.52. The number of nitrogens with one attached hydrogen (secondary N) is 1. The second-order valence-corrected chi connectivity index (χ2v) is 4.88. The maximum atomic E-state index is 12.9. The van der Waals surface area contributed by atoms with Gasteiger partial charge in [0.05, 0.1) is 0 Å². The van der Waals surface area contributed by atoms with E-state index >= 15 is 0 Å². The number of hydrogen-bond donors (Lipinski definition) is 1. The molecule has 0 saturated heterocycles. The molecule has 1 aromatic carbocycles. The Morgan fingerprint density at radius 3 is 2.44 bits per heavy atom. The lowest BCUT2D eigenvalue weighted by Crippen LogP contribution is -2.22. The van der Waals surface area contributed by atoms with Crippen LogP contribution in [0, 0.1) is 17.6 Å². The standard InChI is InChI=1S/C12H17F2NS/c1-9(8-16-2)6-15-7-10-3-11(13)5-12(14)4-10/h3-5,9,15H,6-8H2,1-2H3. The van der Waals surface area contributed by atoms with Gasteiger partial charge in [0.2, 0.25) is 0 Å². The zero-order chi connectivity index (χ0) is 12.0. The van der Waals surface area contributed by atoms with Gasteiger partial charge in [-0.2, -0.15) is 11.8 Å². The average Bonchev–Trinajstić information content (AvgIpc) is 2.16. The first kappa shape index (κ1) is 13.5. The zero-order valence-electron chi connectivity index (χ0n) is 9.59. The Kier molecular flexibility index (Phi) is 5.77. The van der Waals surface area contributed by atoms with E-state index in [1.165, 1.54) is 12.1 Å². The first-order valence-electron chi connectivity index (χ1n) is 5.26. The van der Waals surface area contributed by atoms with Crippen LogP contribution in [0.3, 0.4) is 0 Å². The van der Waals surface area contributed by atoms with Crippen molar-refractivity contribution in [1.29, 1.82) is 0 Å². The third-order valence-electron chi connectivity index (χ3n) is 2.20. The van der Waals surface area contributed by atoms with Gasteiger partial charge in [-0.1, -0.05) is 6.92 Å². The molecular formula is C12H17F2NS. The fourth-order valence-corrected chi connectivity index (χ4v) is 2.21. The van der Waals surface area contributed by atoms with Gasteiger partial charge in [-0.05, 0) is 42.2 Å². The Hall–Kier alpha value is -0.610. The maximum Gasteiger partial charge on any atom is 0.126 e. The van der Waals surface area contributed by atoms with Gasteiger partial charge in [-0.25, -0.2) is 8.78 Å². The molecule has 0 heterocycles. The smallest absolute Gasteiger partial charge is 0.126 e. The highest BCUT2D eigenvalue weighted by Gasteiger charge is 2.02. The molecule has 1 rings (SSSR count). The van der Waals surface area contributed by atoms with Crippen LogP contribution in [0.4, 0.5) is 8.78 Å². The Balaban J connectivity index is 2.37. The summed E-state index contributed by atoms with van der Waals surface area (Å²) in [6.45, 7) is 3.52. The predicted molar refractivity (Wildman–Crippen MR) is 65.6 cm³/mol. The van der Waals surface area contributed by atoms with E-state index in [0.717, 1.165) is 18.4 Å². The number of hydrogen-bond acceptors (Lipinski definition) is 2. The molecule has 0 saturated carbocycles. The Morgan fingerprint density at radius 2 is 1.88 bits per heavy atom. The van der Waals surface area contributed by atoms with E-state index in [-0.39, 0.29) is 0 Å². The summed E-state index contributed by atoms with van der Waals surface area (Å²) < 4.78 is 25.7. The van der Waals surface area contributed by atoms with E-state index in [4.69, 9.17) is 0 Å². The Morgan fingerprint density at radius 1 is 1.25 bits per heavy atom. The van der Waals surface area contributed by atoms with Crippen LogP contribution >= 0.6 is 11.8 Å². The van der Waals surface area contributed by atoms with Gasteiger partial charge in [0.15, 0.2) is 0 Å². The van der Waals surface area contributed by atoms with Gasteiger partial charge in [0, 0.05) is 12.6 Å². The highest BCUT2D eigenvalue weighted by atomic mass is 32.2. The summed E-state index contributed by atoms with van der Waals surface area (Å²) in [5, 5.41) is 3.19. The summed E-state index contributed by atoms with van der Waals surface area (Å²) in [6.07, 6.45) is 2.07. The van der Waals surface area contributed by atoms with Crippen LogP contribution in [0.1, 0.15) is 12.5 Å². The molecule has 0 aliphatic carbocycles. The fraction of sp³-hybridized carbons (Fsp3) is 0.500. The van der Waals surface area contributed by atoms with Crippen molar-refractivity contribution >= 4 is 11.8 Å². The number of benzene rings is 1. The molecule has 0 bridgehead atoms. The normalized spacial score (nSPS) is 12.8. The summed E-state index contributed by atoms with van der Waals surface area (Å²) in [5.74, 6) is 0.612. The third kappa shape index (κ3) is 4.94. The van der Waals surface area contributed by atoms with Crippen molar-refractivity contribution in [1.82, 2.24) is 5.32 Å². The molecule has 1 aromatic rings. The molecule has 4 heteroatoms. The van der Waals surface area contributed by atoms with Crippen molar-refractivity contribution in [3.8, 4) is 0 Å². The van der Waals surface area contributed by atoms with Crippen molar-refractivity contribution in [2.24, 2.45) is 5.92 Å². The van der Waals surface area contributed by atoms with Gasteiger partial charge < -0.3 is 5.32 Å². The van der Waals surface area contributed by atoms with Gasteiger partial charge in [-0.3, -0.25) is 0 Å². The predicted octanol–water partition coefficient (Wildman–Crippen LogP) is 3.05. The first-order chi connectivity index (χ1) is 7.61. The van der Waals surface area contributed by atoms with Crippen LogP contribution in [0.5, 0.6) is 0 Å². The van der Waals surface area contributed by atoms with Gasteiger partial charge in [0.25, 0.3) is 0 Å². The lowest BCUT2D eigenvalue weighted by Gasteiger charge is -2.11. The van der Waals surface area contributed by atoms with Crippen molar-refractivity contribution in [2.45, 2.75) is 13.5 Å². The van der Waals surface area contributed by atoms with Gasteiger partial charge >= 0.3 is 0 Å². The van der Waals surface area contributed by atoms with Crippen molar-refractivity contribution in [3.63, 3.8) is 0 Å². The van der Waals surface area contributed by atoms with Crippen LogP contribution in [-0.4, -0.2) is 18.6 Å². The van der Waals surface area contributed by atoms with Crippen LogP contribution in [0.25, 0.3) is 0 Å². The van der Waals surface area contributed by atoms with E-state index in [9.17, 15) is 8.78 Å². The molecule has 0 aliphatic heterocycles. The molecule has 1 nitrogen and oxygen atoms in total. The Labute approximate surface area is 99.6 Å². The van der Waals surface area contributed by atoms with E-state index in [0.29, 0.717) is 18.0 Å². The summed E-state index contributed by atoms with van der Waals surface area (Å²) >= 11 is 1.80. The minimum Gasteiger partial charge on any atom is -0.312 e.